The molecule has 0 aromatic heterocycles. The Morgan fingerprint density at radius 3 is 2.48 bits per heavy atom. The van der Waals surface area contributed by atoms with Crippen LogP contribution in [0.2, 0.25) is 0 Å². The second-order valence-electron chi connectivity index (χ2n) is 5.87. The average molecular weight is 380 g/mol. The third-order valence-electron chi connectivity index (χ3n) is 4.09. The van der Waals surface area contributed by atoms with E-state index < -0.39 is 52.1 Å². The first kappa shape index (κ1) is 18.5. The molecule has 3 rings (SSSR count). The normalized spacial score (nSPS) is 19.4. The highest BCUT2D eigenvalue weighted by molar-refractivity contribution is 6.24. The van der Waals surface area contributed by atoms with Gasteiger partial charge in [0.15, 0.2) is 11.6 Å². The first-order valence-electron chi connectivity index (χ1n) is 7.54. The van der Waals surface area contributed by atoms with Crippen LogP contribution in [0.25, 0.3) is 0 Å². The van der Waals surface area contributed by atoms with E-state index in [1.807, 2.05) is 0 Å². The van der Waals surface area contributed by atoms with Gasteiger partial charge in [-0.05, 0) is 24.3 Å². The SMILES string of the molecule is N#CC1NC(CC2=CC(=O)c3cc(F)cc(F)c3C2=O)=CC=C1C(F)(F)F. The zero-order chi connectivity index (χ0) is 19.9. The number of Topliss-reactive ketones (excluding diaryl/α,β-unsaturated/α-hetero) is 1. The molecule has 0 bridgehead atoms. The highest BCUT2D eigenvalue weighted by atomic mass is 19.4. The van der Waals surface area contributed by atoms with Gasteiger partial charge in [-0.1, -0.05) is 0 Å². The Morgan fingerprint density at radius 1 is 1.15 bits per heavy atom. The molecule has 1 N–H and O–H groups in total. The molecule has 0 radical (unpaired) electrons. The van der Waals surface area contributed by atoms with Gasteiger partial charge < -0.3 is 5.32 Å². The molecule has 0 fully saturated rings. The summed E-state index contributed by atoms with van der Waals surface area (Å²) in [5.41, 5.74) is -2.20. The van der Waals surface area contributed by atoms with Crippen LogP contribution in [0.4, 0.5) is 22.0 Å². The maximum absolute atomic E-state index is 14.0. The Balaban J connectivity index is 1.93. The summed E-state index contributed by atoms with van der Waals surface area (Å²) in [4.78, 5) is 24.5. The molecule has 0 saturated carbocycles. The number of rotatable bonds is 2. The molecule has 9 heteroatoms. The number of fused-ring (bicyclic) bond motifs is 1. The molecule has 1 aliphatic carbocycles. The number of benzene rings is 1. The number of alkyl halides is 3. The average Bonchev–Trinajstić information content (AvgIpc) is 2.57. The quantitative estimate of drug-likeness (QED) is 0.797. The highest BCUT2D eigenvalue weighted by Crippen LogP contribution is 2.32. The number of hydrogen-bond acceptors (Lipinski definition) is 4. The summed E-state index contributed by atoms with van der Waals surface area (Å²) in [5, 5.41) is 11.3. The summed E-state index contributed by atoms with van der Waals surface area (Å²) >= 11 is 0. The van der Waals surface area contributed by atoms with Gasteiger partial charge in [0, 0.05) is 29.3 Å². The van der Waals surface area contributed by atoms with E-state index in [1.54, 1.807) is 0 Å². The second kappa shape index (κ2) is 6.46. The number of ketones is 2. The smallest absolute Gasteiger partial charge is 0.369 e. The molecule has 138 valence electrons. The van der Waals surface area contributed by atoms with E-state index in [2.05, 4.69) is 5.32 Å². The number of carbonyl (C=O) groups excluding carboxylic acids is 2. The zero-order valence-electron chi connectivity index (χ0n) is 13.3. The molecule has 0 spiro atoms. The van der Waals surface area contributed by atoms with Crippen LogP contribution in [-0.2, 0) is 0 Å². The minimum Gasteiger partial charge on any atom is -0.369 e. The van der Waals surface area contributed by atoms with Crippen LogP contribution < -0.4 is 5.32 Å². The molecule has 0 amide bonds. The van der Waals surface area contributed by atoms with Crippen LogP contribution in [0, 0.1) is 23.0 Å². The van der Waals surface area contributed by atoms with E-state index in [-0.39, 0.29) is 17.7 Å². The van der Waals surface area contributed by atoms with Crippen molar-refractivity contribution >= 4 is 11.6 Å². The van der Waals surface area contributed by atoms with E-state index in [0.29, 0.717) is 12.1 Å². The fourth-order valence-electron chi connectivity index (χ4n) is 2.87. The molecular weight excluding hydrogens is 371 g/mol. The first-order chi connectivity index (χ1) is 12.6. The maximum atomic E-state index is 14.0. The van der Waals surface area contributed by atoms with E-state index in [9.17, 15) is 31.5 Å². The minimum atomic E-state index is -4.71. The number of halogens is 5. The van der Waals surface area contributed by atoms with E-state index in [0.717, 1.165) is 18.2 Å². The van der Waals surface area contributed by atoms with Crippen LogP contribution in [0.5, 0.6) is 0 Å². The lowest BCUT2D eigenvalue weighted by molar-refractivity contribution is -0.0950. The molecule has 1 unspecified atom stereocenters. The standard InChI is InChI=1S/C18H9F5N2O2/c19-9-5-11-15(26)4-8(17(27)16(11)13(20)6-9)3-10-1-2-12(18(21,22)23)14(7-24)25-10/h1-2,4-6,14,25H,3H2. The molecule has 1 heterocycles. The molecule has 1 aliphatic heterocycles. The van der Waals surface area contributed by atoms with Crippen molar-refractivity contribution < 1.29 is 31.5 Å². The van der Waals surface area contributed by atoms with Crippen molar-refractivity contribution in [2.75, 3.05) is 0 Å². The Bertz CT molecular complexity index is 996. The molecule has 2 aliphatic rings. The van der Waals surface area contributed by atoms with Crippen molar-refractivity contribution in [1.82, 2.24) is 5.32 Å². The third-order valence-corrected chi connectivity index (χ3v) is 4.09. The summed E-state index contributed by atoms with van der Waals surface area (Å²) in [6.07, 6.45) is -2.40. The van der Waals surface area contributed by atoms with Gasteiger partial charge in [-0.3, -0.25) is 9.59 Å². The number of nitrogens with one attached hydrogen (secondary N) is 1. The fraction of sp³-hybridized carbons (Fsp3) is 0.167. The van der Waals surface area contributed by atoms with Crippen molar-refractivity contribution in [1.29, 1.82) is 5.26 Å². The van der Waals surface area contributed by atoms with Crippen molar-refractivity contribution in [3.05, 3.63) is 70.0 Å². The van der Waals surface area contributed by atoms with E-state index in [1.165, 1.54) is 6.07 Å². The van der Waals surface area contributed by atoms with Crippen molar-refractivity contribution in [2.24, 2.45) is 0 Å². The van der Waals surface area contributed by atoms with Crippen LogP contribution >= 0.6 is 0 Å². The van der Waals surface area contributed by atoms with Crippen molar-refractivity contribution in [3.8, 4) is 6.07 Å². The number of hydrogen-bond donors (Lipinski definition) is 1. The van der Waals surface area contributed by atoms with E-state index >= 15 is 0 Å². The van der Waals surface area contributed by atoms with Crippen molar-refractivity contribution in [2.45, 2.75) is 18.6 Å². The fourth-order valence-corrected chi connectivity index (χ4v) is 2.87. The number of nitrogens with zero attached hydrogens (tertiary/aromatic N) is 1. The number of carbonyl (C=O) groups is 2. The minimum absolute atomic E-state index is 0.0768. The van der Waals surface area contributed by atoms with Crippen molar-refractivity contribution in [3.63, 3.8) is 0 Å². The predicted molar refractivity (Wildman–Crippen MR) is 82.5 cm³/mol. The van der Waals surface area contributed by atoms with Gasteiger partial charge >= 0.3 is 6.18 Å². The lowest BCUT2D eigenvalue weighted by Crippen LogP contribution is -2.37. The molecule has 1 atom stereocenters. The molecule has 27 heavy (non-hydrogen) atoms. The third kappa shape index (κ3) is 3.38. The van der Waals surface area contributed by atoms with Gasteiger partial charge in [-0.15, -0.1) is 0 Å². The molecule has 4 nitrogen and oxygen atoms in total. The topological polar surface area (TPSA) is 70.0 Å². The van der Waals surface area contributed by atoms with Gasteiger partial charge in [-0.2, -0.15) is 18.4 Å². The molecular formula is C18H9F5N2O2. The summed E-state index contributed by atoms with van der Waals surface area (Å²) in [7, 11) is 0. The highest BCUT2D eigenvalue weighted by Gasteiger charge is 2.40. The predicted octanol–water partition coefficient (Wildman–Crippen LogP) is 3.53. The monoisotopic (exact) mass is 380 g/mol. The van der Waals surface area contributed by atoms with Gasteiger partial charge in [-0.25, -0.2) is 8.78 Å². The Kier molecular flexibility index (Phi) is 4.43. The Labute approximate surface area is 149 Å². The maximum Gasteiger partial charge on any atom is 0.415 e. The van der Waals surface area contributed by atoms with Crippen LogP contribution in [0.1, 0.15) is 27.1 Å². The lowest BCUT2D eigenvalue weighted by Gasteiger charge is -2.25. The van der Waals surface area contributed by atoms with Gasteiger partial charge in [0.05, 0.1) is 17.2 Å². The lowest BCUT2D eigenvalue weighted by atomic mass is 9.86. The first-order valence-corrected chi connectivity index (χ1v) is 7.54. The Morgan fingerprint density at radius 2 is 1.85 bits per heavy atom. The second-order valence-corrected chi connectivity index (χ2v) is 5.87. The largest absolute Gasteiger partial charge is 0.415 e. The Hall–Kier alpha value is -3.28. The summed E-state index contributed by atoms with van der Waals surface area (Å²) in [6.45, 7) is 0. The number of allylic oxidation sites excluding steroid dienone is 4. The van der Waals surface area contributed by atoms with E-state index in [4.69, 9.17) is 5.26 Å². The molecule has 1 aromatic carbocycles. The van der Waals surface area contributed by atoms with Gasteiger partial charge in [0.2, 0.25) is 0 Å². The molecule has 0 saturated heterocycles. The number of nitriles is 1. The summed E-state index contributed by atoms with van der Waals surface area (Å²) in [5.74, 6) is -3.88. The zero-order valence-corrected chi connectivity index (χ0v) is 13.3. The summed E-state index contributed by atoms with van der Waals surface area (Å²) < 4.78 is 65.8. The van der Waals surface area contributed by atoms with Gasteiger partial charge in [0.1, 0.15) is 17.7 Å². The summed E-state index contributed by atoms with van der Waals surface area (Å²) in [6, 6.07) is 0.995. The van der Waals surface area contributed by atoms with Crippen LogP contribution in [0.15, 0.2) is 47.2 Å². The van der Waals surface area contributed by atoms with Crippen LogP contribution in [0.3, 0.4) is 0 Å². The number of dihydropyridines is 1. The van der Waals surface area contributed by atoms with Crippen LogP contribution in [-0.4, -0.2) is 23.8 Å². The molecule has 1 aromatic rings. The van der Waals surface area contributed by atoms with Gasteiger partial charge in [0.25, 0.3) is 0 Å².